The standard InChI is InChI=1S/C27H36N4O2/c1-19-14-16-31(17-15-19)25-13-12-22(29-27(33)30-24-11-7-6-8-20(24)2)18-23(25)26(32)28-21-9-4-3-5-10-21/h6-8,11-13,18-19,21H,3-5,9-10,14-17H2,1-2H3,(H,28,32)(H2,29,30,33). The van der Waals surface area contributed by atoms with Gasteiger partial charge in [-0.25, -0.2) is 4.79 Å². The molecule has 2 aliphatic rings. The van der Waals surface area contributed by atoms with Crippen molar-refractivity contribution in [3.63, 3.8) is 0 Å². The van der Waals surface area contributed by atoms with Gasteiger partial charge in [-0.3, -0.25) is 4.79 Å². The van der Waals surface area contributed by atoms with Crippen molar-refractivity contribution in [2.45, 2.75) is 64.8 Å². The van der Waals surface area contributed by atoms with E-state index in [2.05, 4.69) is 27.8 Å². The van der Waals surface area contributed by atoms with Crippen LogP contribution in [0.1, 0.15) is 67.8 Å². The minimum atomic E-state index is -0.317. The molecule has 0 bridgehead atoms. The van der Waals surface area contributed by atoms with E-state index in [0.717, 1.165) is 55.7 Å². The maximum absolute atomic E-state index is 13.3. The van der Waals surface area contributed by atoms with Gasteiger partial charge in [0.15, 0.2) is 0 Å². The number of nitrogens with one attached hydrogen (secondary N) is 3. The Morgan fingerprint density at radius 3 is 2.36 bits per heavy atom. The second-order valence-electron chi connectivity index (χ2n) is 9.60. The number of carbonyl (C=O) groups excluding carboxylic acids is 2. The van der Waals surface area contributed by atoms with Gasteiger partial charge < -0.3 is 20.9 Å². The van der Waals surface area contributed by atoms with E-state index >= 15 is 0 Å². The molecule has 33 heavy (non-hydrogen) atoms. The molecular formula is C27H36N4O2. The van der Waals surface area contributed by atoms with Crippen LogP contribution < -0.4 is 20.9 Å². The van der Waals surface area contributed by atoms with Crippen LogP contribution in [-0.2, 0) is 0 Å². The first-order valence-corrected chi connectivity index (χ1v) is 12.3. The smallest absolute Gasteiger partial charge is 0.323 e. The van der Waals surface area contributed by atoms with E-state index in [0.29, 0.717) is 17.2 Å². The van der Waals surface area contributed by atoms with Crippen LogP contribution in [0.5, 0.6) is 0 Å². The number of rotatable bonds is 5. The Morgan fingerprint density at radius 1 is 0.909 bits per heavy atom. The van der Waals surface area contributed by atoms with Crippen LogP contribution in [0.25, 0.3) is 0 Å². The molecule has 1 aliphatic carbocycles. The maximum atomic E-state index is 13.3. The first-order valence-electron chi connectivity index (χ1n) is 12.3. The number of nitrogens with zero attached hydrogens (tertiary/aromatic N) is 1. The topological polar surface area (TPSA) is 73.5 Å². The number of piperidine rings is 1. The van der Waals surface area contributed by atoms with E-state index in [-0.39, 0.29) is 18.0 Å². The molecule has 2 fully saturated rings. The Kier molecular flexibility index (Phi) is 7.53. The molecule has 0 radical (unpaired) electrons. The van der Waals surface area contributed by atoms with Gasteiger partial charge in [0.05, 0.1) is 5.56 Å². The molecule has 0 atom stereocenters. The highest BCUT2D eigenvalue weighted by Crippen LogP contribution is 2.29. The van der Waals surface area contributed by atoms with Crippen molar-refractivity contribution >= 4 is 29.0 Å². The Balaban J connectivity index is 1.53. The number of anilines is 3. The number of urea groups is 1. The third-order valence-corrected chi connectivity index (χ3v) is 6.96. The van der Waals surface area contributed by atoms with Crippen molar-refractivity contribution < 1.29 is 9.59 Å². The van der Waals surface area contributed by atoms with E-state index in [4.69, 9.17) is 0 Å². The summed E-state index contributed by atoms with van der Waals surface area (Å²) in [4.78, 5) is 28.3. The van der Waals surface area contributed by atoms with Crippen LogP contribution in [0, 0.1) is 12.8 Å². The normalized spacial score (nSPS) is 17.5. The van der Waals surface area contributed by atoms with E-state index in [1.807, 2.05) is 49.4 Å². The molecule has 1 heterocycles. The van der Waals surface area contributed by atoms with Crippen molar-refractivity contribution in [3.8, 4) is 0 Å². The van der Waals surface area contributed by atoms with Gasteiger partial charge in [-0.2, -0.15) is 0 Å². The zero-order chi connectivity index (χ0) is 23.2. The van der Waals surface area contributed by atoms with Gasteiger partial charge in [-0.15, -0.1) is 0 Å². The zero-order valence-corrected chi connectivity index (χ0v) is 19.8. The molecule has 3 N–H and O–H groups in total. The minimum absolute atomic E-state index is 0.0431. The van der Waals surface area contributed by atoms with Crippen molar-refractivity contribution in [2.75, 3.05) is 28.6 Å². The molecule has 4 rings (SSSR count). The van der Waals surface area contributed by atoms with E-state index in [1.54, 1.807) is 0 Å². The van der Waals surface area contributed by atoms with Gasteiger partial charge in [0.2, 0.25) is 0 Å². The largest absolute Gasteiger partial charge is 0.371 e. The highest BCUT2D eigenvalue weighted by Gasteiger charge is 2.24. The average molecular weight is 449 g/mol. The summed E-state index contributed by atoms with van der Waals surface area (Å²) in [6.07, 6.45) is 7.92. The molecule has 0 aromatic heterocycles. The zero-order valence-electron chi connectivity index (χ0n) is 19.8. The number of benzene rings is 2. The highest BCUT2D eigenvalue weighted by molar-refractivity contribution is 6.04. The van der Waals surface area contributed by atoms with Crippen molar-refractivity contribution in [1.29, 1.82) is 0 Å². The lowest BCUT2D eigenvalue weighted by Crippen LogP contribution is -2.38. The van der Waals surface area contributed by atoms with Crippen LogP contribution in [0.15, 0.2) is 42.5 Å². The Morgan fingerprint density at radius 2 is 1.64 bits per heavy atom. The van der Waals surface area contributed by atoms with E-state index in [1.165, 1.54) is 19.3 Å². The third kappa shape index (κ3) is 6.06. The average Bonchev–Trinajstić information content (AvgIpc) is 2.82. The maximum Gasteiger partial charge on any atom is 0.323 e. The third-order valence-electron chi connectivity index (χ3n) is 6.96. The summed E-state index contributed by atoms with van der Waals surface area (Å²) in [7, 11) is 0. The summed E-state index contributed by atoms with van der Waals surface area (Å²) >= 11 is 0. The Hall–Kier alpha value is -3.02. The summed E-state index contributed by atoms with van der Waals surface area (Å²) in [5.74, 6) is 0.672. The van der Waals surface area contributed by atoms with Crippen molar-refractivity contribution in [3.05, 3.63) is 53.6 Å². The quantitative estimate of drug-likeness (QED) is 0.530. The summed E-state index contributed by atoms with van der Waals surface area (Å²) in [6, 6.07) is 13.3. The summed E-state index contributed by atoms with van der Waals surface area (Å²) in [5, 5.41) is 9.06. The van der Waals surface area contributed by atoms with Gasteiger partial charge in [0.1, 0.15) is 0 Å². The van der Waals surface area contributed by atoms with Crippen LogP contribution in [0.4, 0.5) is 21.9 Å². The molecule has 1 aliphatic heterocycles. The lowest BCUT2D eigenvalue weighted by atomic mass is 9.95. The van der Waals surface area contributed by atoms with E-state index < -0.39 is 0 Å². The fourth-order valence-corrected chi connectivity index (χ4v) is 4.83. The van der Waals surface area contributed by atoms with Gasteiger partial charge >= 0.3 is 6.03 Å². The summed E-state index contributed by atoms with van der Waals surface area (Å²) in [6.45, 7) is 6.14. The minimum Gasteiger partial charge on any atom is -0.371 e. The molecule has 0 spiro atoms. The van der Waals surface area contributed by atoms with Crippen molar-refractivity contribution in [1.82, 2.24) is 5.32 Å². The monoisotopic (exact) mass is 448 g/mol. The number of aryl methyl sites for hydroxylation is 1. The molecule has 1 saturated heterocycles. The highest BCUT2D eigenvalue weighted by atomic mass is 16.2. The molecule has 2 aromatic carbocycles. The number of amides is 3. The molecule has 2 aromatic rings. The van der Waals surface area contributed by atoms with Gasteiger partial charge in [-0.1, -0.05) is 44.4 Å². The van der Waals surface area contributed by atoms with Gasteiger partial charge in [0, 0.05) is 36.2 Å². The fraction of sp³-hybridized carbons (Fsp3) is 0.481. The van der Waals surface area contributed by atoms with Crippen LogP contribution in [-0.4, -0.2) is 31.1 Å². The SMILES string of the molecule is Cc1ccccc1NC(=O)Nc1ccc(N2CCC(C)CC2)c(C(=O)NC2CCCCC2)c1. The predicted octanol–water partition coefficient (Wildman–Crippen LogP) is 5.94. The lowest BCUT2D eigenvalue weighted by molar-refractivity contribution is 0.0928. The number of hydrogen-bond acceptors (Lipinski definition) is 3. The molecule has 1 saturated carbocycles. The van der Waals surface area contributed by atoms with Gasteiger partial charge in [0.25, 0.3) is 5.91 Å². The summed E-state index contributed by atoms with van der Waals surface area (Å²) in [5.41, 5.74) is 3.98. The molecule has 176 valence electrons. The first kappa shape index (κ1) is 23.1. The van der Waals surface area contributed by atoms with Crippen LogP contribution in [0.2, 0.25) is 0 Å². The molecular weight excluding hydrogens is 412 g/mol. The van der Waals surface area contributed by atoms with Gasteiger partial charge in [-0.05, 0) is 68.4 Å². The molecule has 6 nitrogen and oxygen atoms in total. The second kappa shape index (κ2) is 10.7. The van der Waals surface area contributed by atoms with Crippen LogP contribution >= 0.6 is 0 Å². The first-order chi connectivity index (χ1) is 16.0. The number of para-hydroxylation sites is 1. The number of carbonyl (C=O) groups is 2. The Labute approximate surface area is 197 Å². The van der Waals surface area contributed by atoms with Crippen molar-refractivity contribution in [2.24, 2.45) is 5.92 Å². The number of hydrogen-bond donors (Lipinski definition) is 3. The van der Waals surface area contributed by atoms with E-state index in [9.17, 15) is 9.59 Å². The fourth-order valence-electron chi connectivity index (χ4n) is 4.83. The van der Waals surface area contributed by atoms with Crippen LogP contribution in [0.3, 0.4) is 0 Å². The summed E-state index contributed by atoms with van der Waals surface area (Å²) < 4.78 is 0. The second-order valence-corrected chi connectivity index (χ2v) is 9.60. The Bertz CT molecular complexity index is 976. The molecule has 6 heteroatoms. The molecule has 0 unspecified atom stereocenters. The predicted molar refractivity (Wildman–Crippen MR) is 135 cm³/mol. The molecule has 3 amide bonds. The lowest BCUT2D eigenvalue weighted by Gasteiger charge is -2.34.